The molecule has 0 aliphatic heterocycles. The van der Waals surface area contributed by atoms with Gasteiger partial charge in [0.05, 0.1) is 51.6 Å². The van der Waals surface area contributed by atoms with Crippen molar-refractivity contribution in [2.24, 2.45) is 0 Å². The van der Waals surface area contributed by atoms with Crippen molar-refractivity contribution in [3.05, 3.63) is 42.0 Å². The third-order valence-corrected chi connectivity index (χ3v) is 5.90. The zero-order chi connectivity index (χ0) is 24.6. The molecule has 2 aromatic rings. The lowest BCUT2D eigenvalue weighted by molar-refractivity contribution is -0.116. The van der Waals surface area contributed by atoms with Crippen molar-refractivity contribution in [3.63, 3.8) is 0 Å². The zero-order valence-electron chi connectivity index (χ0n) is 19.2. The van der Waals surface area contributed by atoms with Crippen LogP contribution in [0.15, 0.2) is 36.4 Å². The van der Waals surface area contributed by atoms with Crippen LogP contribution in [0, 0.1) is 0 Å². The zero-order valence-corrected chi connectivity index (χ0v) is 20.0. The van der Waals surface area contributed by atoms with Crippen LogP contribution in [-0.2, 0) is 19.6 Å². The third-order valence-electron chi connectivity index (χ3n) is 4.72. The summed E-state index contributed by atoms with van der Waals surface area (Å²) in [5.74, 6) is -0.0525. The Balaban J connectivity index is 2.17. The highest BCUT2D eigenvalue weighted by Crippen LogP contribution is 2.34. The second kappa shape index (κ2) is 11.4. The number of para-hydroxylation sites is 2. The summed E-state index contributed by atoms with van der Waals surface area (Å²) >= 11 is 0. The lowest BCUT2D eigenvalue weighted by atomic mass is 10.1. The van der Waals surface area contributed by atoms with Crippen molar-refractivity contribution in [2.75, 3.05) is 50.9 Å². The van der Waals surface area contributed by atoms with E-state index in [0.717, 1.165) is 6.26 Å². The van der Waals surface area contributed by atoms with Crippen LogP contribution in [0.4, 0.5) is 11.4 Å². The Hall–Kier alpha value is -3.47. The maximum Gasteiger partial charge on any atom is 0.340 e. The van der Waals surface area contributed by atoms with Crippen LogP contribution in [0.2, 0.25) is 0 Å². The fourth-order valence-corrected chi connectivity index (χ4v) is 4.13. The second-order valence-corrected chi connectivity index (χ2v) is 8.81. The number of methoxy groups -OCH3 is 4. The highest BCUT2D eigenvalue weighted by atomic mass is 32.2. The summed E-state index contributed by atoms with van der Waals surface area (Å²) in [6, 6.07) is 9.60. The van der Waals surface area contributed by atoms with Crippen molar-refractivity contribution in [1.29, 1.82) is 0 Å². The number of sulfonamides is 1. The van der Waals surface area contributed by atoms with Gasteiger partial charge in [-0.15, -0.1) is 0 Å². The van der Waals surface area contributed by atoms with Crippen LogP contribution in [0.25, 0.3) is 0 Å². The van der Waals surface area contributed by atoms with Gasteiger partial charge in [0.2, 0.25) is 15.9 Å². The van der Waals surface area contributed by atoms with Gasteiger partial charge >= 0.3 is 5.97 Å². The number of anilines is 2. The van der Waals surface area contributed by atoms with Crippen LogP contribution in [0.3, 0.4) is 0 Å². The van der Waals surface area contributed by atoms with Gasteiger partial charge in [0.1, 0.15) is 5.75 Å². The fraction of sp³-hybridized carbons (Fsp3) is 0.364. The molecule has 0 aliphatic carbocycles. The van der Waals surface area contributed by atoms with Gasteiger partial charge in [-0.2, -0.15) is 0 Å². The minimum Gasteiger partial charge on any atom is -0.495 e. The number of carbonyl (C=O) groups excluding carboxylic acids is 2. The standard InChI is InChI=1S/C22H28N2O8S/c1-29-18-10-7-6-9-17(18)24(33(5,27)28)12-8-11-21(25)23-16-14-20(31-3)19(30-2)13-15(16)22(26)32-4/h6-7,9-10,13-14H,8,11-12H2,1-5H3,(H,23,25). The maximum absolute atomic E-state index is 12.6. The van der Waals surface area contributed by atoms with E-state index in [2.05, 4.69) is 5.32 Å². The first-order chi connectivity index (χ1) is 15.7. The topological polar surface area (TPSA) is 120 Å². The molecule has 1 N–H and O–H groups in total. The van der Waals surface area contributed by atoms with Gasteiger partial charge in [-0.25, -0.2) is 13.2 Å². The summed E-state index contributed by atoms with van der Waals surface area (Å²) in [5, 5.41) is 2.66. The van der Waals surface area contributed by atoms with E-state index in [1.807, 2.05) is 0 Å². The monoisotopic (exact) mass is 480 g/mol. The van der Waals surface area contributed by atoms with Crippen LogP contribution in [0.5, 0.6) is 17.2 Å². The van der Waals surface area contributed by atoms with Gasteiger partial charge in [-0.1, -0.05) is 12.1 Å². The molecule has 2 rings (SSSR count). The molecule has 0 aliphatic rings. The SMILES string of the molecule is COC(=O)c1cc(OC)c(OC)cc1NC(=O)CCCN(c1ccccc1OC)S(C)(=O)=O. The van der Waals surface area contributed by atoms with E-state index in [1.54, 1.807) is 24.3 Å². The molecule has 0 heterocycles. The summed E-state index contributed by atoms with van der Waals surface area (Å²) in [7, 11) is 1.91. The van der Waals surface area contributed by atoms with Gasteiger partial charge in [0, 0.05) is 25.1 Å². The van der Waals surface area contributed by atoms with Crippen molar-refractivity contribution in [2.45, 2.75) is 12.8 Å². The van der Waals surface area contributed by atoms with Crippen LogP contribution >= 0.6 is 0 Å². The number of nitrogens with one attached hydrogen (secondary N) is 1. The Bertz CT molecular complexity index is 1100. The molecule has 0 atom stereocenters. The van der Waals surface area contributed by atoms with Crippen molar-refractivity contribution < 1.29 is 37.0 Å². The molecule has 1 amide bonds. The summed E-state index contributed by atoms with van der Waals surface area (Å²) in [4.78, 5) is 24.8. The van der Waals surface area contributed by atoms with Gasteiger partial charge in [0.25, 0.3) is 0 Å². The first-order valence-corrected chi connectivity index (χ1v) is 11.8. The molecule has 10 nitrogen and oxygen atoms in total. The summed E-state index contributed by atoms with van der Waals surface area (Å²) < 4.78 is 46.4. The smallest absolute Gasteiger partial charge is 0.340 e. The minimum atomic E-state index is -3.62. The Morgan fingerprint density at radius 1 is 0.939 bits per heavy atom. The number of carbonyl (C=O) groups is 2. The highest BCUT2D eigenvalue weighted by molar-refractivity contribution is 7.92. The number of ether oxygens (including phenoxy) is 4. The largest absolute Gasteiger partial charge is 0.495 e. The van der Waals surface area contributed by atoms with Crippen LogP contribution in [-0.4, -0.2) is 61.5 Å². The molecular formula is C22H28N2O8S. The molecule has 33 heavy (non-hydrogen) atoms. The molecular weight excluding hydrogens is 452 g/mol. The fourth-order valence-electron chi connectivity index (χ4n) is 3.16. The molecule has 0 spiro atoms. The van der Waals surface area contributed by atoms with Gasteiger partial charge in [0.15, 0.2) is 11.5 Å². The van der Waals surface area contributed by atoms with E-state index in [1.165, 1.54) is 44.9 Å². The number of amides is 1. The van der Waals surface area contributed by atoms with E-state index >= 15 is 0 Å². The number of nitrogens with zero attached hydrogens (tertiary/aromatic N) is 1. The molecule has 0 unspecified atom stereocenters. The van der Waals surface area contributed by atoms with Crippen LogP contribution < -0.4 is 23.8 Å². The molecule has 0 bridgehead atoms. The predicted octanol–water partition coefficient (Wildman–Crippen LogP) is 2.68. The van der Waals surface area contributed by atoms with Gasteiger partial charge in [-0.05, 0) is 18.6 Å². The Morgan fingerprint density at radius 2 is 1.55 bits per heavy atom. The third kappa shape index (κ3) is 6.51. The van der Waals surface area contributed by atoms with E-state index < -0.39 is 21.9 Å². The molecule has 0 aromatic heterocycles. The summed E-state index contributed by atoms with van der Waals surface area (Å²) in [5.41, 5.74) is 0.667. The first kappa shape index (κ1) is 25.8. The van der Waals surface area contributed by atoms with Crippen LogP contribution in [0.1, 0.15) is 23.2 Å². The number of rotatable bonds is 11. The average Bonchev–Trinajstić information content (AvgIpc) is 2.80. The van der Waals surface area contributed by atoms with Crippen molar-refractivity contribution in [3.8, 4) is 17.2 Å². The Morgan fingerprint density at radius 3 is 2.12 bits per heavy atom. The molecule has 180 valence electrons. The lowest BCUT2D eigenvalue weighted by Crippen LogP contribution is -2.31. The number of hydrogen-bond donors (Lipinski definition) is 1. The van der Waals surface area contributed by atoms with E-state index in [-0.39, 0.29) is 30.6 Å². The molecule has 0 saturated heterocycles. The van der Waals surface area contributed by atoms with E-state index in [9.17, 15) is 18.0 Å². The molecule has 0 saturated carbocycles. The van der Waals surface area contributed by atoms with Crippen molar-refractivity contribution >= 4 is 33.3 Å². The van der Waals surface area contributed by atoms with Gasteiger partial charge in [-0.3, -0.25) is 9.10 Å². The number of esters is 1. The quantitative estimate of drug-likeness (QED) is 0.488. The van der Waals surface area contributed by atoms with Gasteiger partial charge < -0.3 is 24.3 Å². The highest BCUT2D eigenvalue weighted by Gasteiger charge is 2.22. The van der Waals surface area contributed by atoms with Crippen molar-refractivity contribution in [1.82, 2.24) is 0 Å². The Labute approximate surface area is 193 Å². The van der Waals surface area contributed by atoms with E-state index in [4.69, 9.17) is 18.9 Å². The normalized spacial score (nSPS) is 10.8. The molecule has 2 aromatic carbocycles. The predicted molar refractivity (Wildman–Crippen MR) is 124 cm³/mol. The summed E-state index contributed by atoms with van der Waals surface area (Å²) in [6.45, 7) is 0.0580. The second-order valence-electron chi connectivity index (χ2n) is 6.90. The number of benzene rings is 2. The maximum atomic E-state index is 12.6. The Kier molecular flexibility index (Phi) is 8.92. The molecule has 0 fully saturated rings. The average molecular weight is 481 g/mol. The van der Waals surface area contributed by atoms with E-state index in [0.29, 0.717) is 22.9 Å². The number of hydrogen-bond acceptors (Lipinski definition) is 8. The molecule has 11 heteroatoms. The minimum absolute atomic E-state index is 0.00384. The summed E-state index contributed by atoms with van der Waals surface area (Å²) in [6.07, 6.45) is 1.31. The first-order valence-electron chi connectivity index (χ1n) is 9.91. The molecule has 0 radical (unpaired) electrons. The lowest BCUT2D eigenvalue weighted by Gasteiger charge is -2.24.